The Labute approximate surface area is 191 Å². The van der Waals surface area contributed by atoms with E-state index in [0.29, 0.717) is 53.4 Å². The number of para-hydroxylation sites is 2. The van der Waals surface area contributed by atoms with Gasteiger partial charge in [-0.2, -0.15) is 0 Å². The van der Waals surface area contributed by atoms with Crippen LogP contribution in [0.1, 0.15) is 17.3 Å². The van der Waals surface area contributed by atoms with Crippen molar-refractivity contribution >= 4 is 11.8 Å². The van der Waals surface area contributed by atoms with Gasteiger partial charge in [0.25, 0.3) is 0 Å². The van der Waals surface area contributed by atoms with Crippen LogP contribution in [0.25, 0.3) is 11.4 Å². The molecule has 0 amide bonds. The minimum atomic E-state index is -0.509. The van der Waals surface area contributed by atoms with Gasteiger partial charge in [-0.3, -0.25) is 0 Å². The number of nitrogens with zero attached hydrogens (tertiary/aromatic N) is 2. The molecule has 1 aliphatic rings. The van der Waals surface area contributed by atoms with Crippen LogP contribution in [0, 0.1) is 0 Å². The van der Waals surface area contributed by atoms with Gasteiger partial charge in [0.05, 0.1) is 27.4 Å². The maximum absolute atomic E-state index is 12.5. The Hall–Kier alpha value is -4.01. The Morgan fingerprint density at radius 1 is 1.12 bits per heavy atom. The largest absolute Gasteiger partial charge is 0.493 e. The molecule has 2 heterocycles. The zero-order valence-corrected chi connectivity index (χ0v) is 18.7. The molecular weight excluding hydrogens is 426 g/mol. The van der Waals surface area contributed by atoms with E-state index in [-0.39, 0.29) is 18.3 Å². The summed E-state index contributed by atoms with van der Waals surface area (Å²) in [6.07, 6.45) is 1.18. The molecule has 2 aromatic carbocycles. The predicted molar refractivity (Wildman–Crippen MR) is 121 cm³/mol. The van der Waals surface area contributed by atoms with Crippen LogP contribution in [0.2, 0.25) is 0 Å². The molecular formula is C24H25N3O6. The summed E-state index contributed by atoms with van der Waals surface area (Å²) < 4.78 is 27.6. The highest BCUT2D eigenvalue weighted by atomic mass is 16.6. The number of hydrogen-bond donors (Lipinski definition) is 1. The summed E-state index contributed by atoms with van der Waals surface area (Å²) in [7, 11) is 3.13. The normalized spacial score (nSPS) is 14.3. The predicted octanol–water partition coefficient (Wildman–Crippen LogP) is 3.59. The molecule has 0 spiro atoms. The first-order valence-electron chi connectivity index (χ1n) is 10.5. The van der Waals surface area contributed by atoms with E-state index in [1.807, 2.05) is 30.3 Å². The summed E-state index contributed by atoms with van der Waals surface area (Å²) in [6.45, 7) is 2.72. The monoisotopic (exact) mass is 451 g/mol. The lowest BCUT2D eigenvalue weighted by molar-refractivity contribution is 0.0526. The van der Waals surface area contributed by atoms with Crippen LogP contribution < -0.4 is 24.3 Å². The van der Waals surface area contributed by atoms with Crippen molar-refractivity contribution in [2.45, 2.75) is 13.0 Å². The van der Waals surface area contributed by atoms with E-state index in [1.54, 1.807) is 33.3 Å². The number of nitrogens with one attached hydrogen (secondary N) is 1. The van der Waals surface area contributed by atoms with Crippen molar-refractivity contribution in [2.75, 3.05) is 39.3 Å². The summed E-state index contributed by atoms with van der Waals surface area (Å²) in [5.74, 6) is 2.78. The van der Waals surface area contributed by atoms with E-state index in [9.17, 15) is 4.79 Å². The van der Waals surface area contributed by atoms with Crippen LogP contribution in [0.5, 0.6) is 23.0 Å². The first kappa shape index (κ1) is 22.2. The third-order valence-corrected chi connectivity index (χ3v) is 4.99. The van der Waals surface area contributed by atoms with Crippen molar-refractivity contribution in [1.29, 1.82) is 0 Å². The highest BCUT2D eigenvalue weighted by Gasteiger charge is 2.23. The van der Waals surface area contributed by atoms with Gasteiger partial charge in [0, 0.05) is 11.8 Å². The van der Waals surface area contributed by atoms with Crippen molar-refractivity contribution in [1.82, 2.24) is 9.97 Å². The molecule has 0 bridgehead atoms. The van der Waals surface area contributed by atoms with Crippen LogP contribution in [0.15, 0.2) is 48.7 Å². The highest BCUT2D eigenvalue weighted by molar-refractivity contribution is 5.94. The first-order chi connectivity index (χ1) is 16.1. The average Bonchev–Trinajstić information content (AvgIpc) is 2.86. The molecule has 1 N–H and O–H groups in total. The molecule has 0 radical (unpaired) electrons. The second kappa shape index (κ2) is 10.1. The molecule has 0 saturated carbocycles. The Balaban J connectivity index is 1.59. The molecule has 0 fully saturated rings. The fourth-order valence-electron chi connectivity index (χ4n) is 3.36. The van der Waals surface area contributed by atoms with Gasteiger partial charge >= 0.3 is 5.97 Å². The topological polar surface area (TPSA) is 101 Å². The fraction of sp³-hybridized carbons (Fsp3) is 0.292. The highest BCUT2D eigenvalue weighted by Crippen LogP contribution is 2.33. The molecule has 0 saturated heterocycles. The molecule has 1 atom stereocenters. The third-order valence-electron chi connectivity index (χ3n) is 4.99. The Kier molecular flexibility index (Phi) is 6.77. The number of fused-ring (bicyclic) bond motifs is 1. The van der Waals surface area contributed by atoms with Gasteiger partial charge in [-0.05, 0) is 37.3 Å². The van der Waals surface area contributed by atoms with E-state index < -0.39 is 5.97 Å². The number of benzene rings is 2. The van der Waals surface area contributed by atoms with Crippen LogP contribution in [-0.4, -0.2) is 56.0 Å². The summed E-state index contributed by atoms with van der Waals surface area (Å²) in [4.78, 5) is 21.4. The molecule has 1 aliphatic heterocycles. The van der Waals surface area contributed by atoms with Gasteiger partial charge in [0.2, 0.25) is 0 Å². The number of methoxy groups -OCH3 is 2. The molecule has 0 aliphatic carbocycles. The number of esters is 1. The van der Waals surface area contributed by atoms with E-state index in [0.717, 1.165) is 0 Å². The Bertz CT molecular complexity index is 1140. The molecule has 1 unspecified atom stereocenters. The van der Waals surface area contributed by atoms with Gasteiger partial charge in [0.1, 0.15) is 24.1 Å². The number of carbonyl (C=O) groups excluding carboxylic acids is 1. The number of hydrogen-bond acceptors (Lipinski definition) is 9. The van der Waals surface area contributed by atoms with E-state index in [4.69, 9.17) is 23.7 Å². The van der Waals surface area contributed by atoms with Crippen LogP contribution in [-0.2, 0) is 4.74 Å². The van der Waals surface area contributed by atoms with Crippen molar-refractivity contribution in [2.24, 2.45) is 0 Å². The second-order valence-electron chi connectivity index (χ2n) is 7.12. The van der Waals surface area contributed by atoms with Crippen LogP contribution in [0.3, 0.4) is 0 Å². The SMILES string of the molecule is CCOC(=O)c1cnc(-c2ccc(OC)c(OC)c2)nc1NCC1COc2ccccc2O1. The summed E-state index contributed by atoms with van der Waals surface area (Å²) >= 11 is 0. The molecule has 9 nitrogen and oxygen atoms in total. The van der Waals surface area contributed by atoms with Gasteiger partial charge in [-0.1, -0.05) is 12.1 Å². The smallest absolute Gasteiger partial charge is 0.343 e. The van der Waals surface area contributed by atoms with Crippen molar-refractivity contribution in [3.63, 3.8) is 0 Å². The maximum Gasteiger partial charge on any atom is 0.343 e. The zero-order valence-electron chi connectivity index (χ0n) is 18.7. The molecule has 172 valence electrons. The van der Waals surface area contributed by atoms with Crippen molar-refractivity contribution in [3.8, 4) is 34.4 Å². The summed E-state index contributed by atoms with van der Waals surface area (Å²) in [5.41, 5.74) is 0.940. The lowest BCUT2D eigenvalue weighted by atomic mass is 10.1. The summed E-state index contributed by atoms with van der Waals surface area (Å²) in [6, 6.07) is 12.9. The van der Waals surface area contributed by atoms with Gasteiger partial charge in [-0.15, -0.1) is 0 Å². The minimum Gasteiger partial charge on any atom is -0.493 e. The quantitative estimate of drug-likeness (QED) is 0.515. The molecule has 3 aromatic rings. The van der Waals surface area contributed by atoms with Gasteiger partial charge < -0.3 is 29.0 Å². The van der Waals surface area contributed by atoms with E-state index in [1.165, 1.54) is 6.20 Å². The fourth-order valence-corrected chi connectivity index (χ4v) is 3.36. The number of rotatable bonds is 8. The average molecular weight is 451 g/mol. The number of carbonyl (C=O) groups is 1. The molecule has 9 heteroatoms. The Morgan fingerprint density at radius 2 is 1.91 bits per heavy atom. The van der Waals surface area contributed by atoms with Crippen molar-refractivity contribution in [3.05, 3.63) is 54.2 Å². The van der Waals surface area contributed by atoms with E-state index in [2.05, 4.69) is 15.3 Å². The van der Waals surface area contributed by atoms with Crippen LogP contribution >= 0.6 is 0 Å². The Morgan fingerprint density at radius 3 is 2.67 bits per heavy atom. The maximum atomic E-state index is 12.5. The lowest BCUT2D eigenvalue weighted by Crippen LogP contribution is -2.35. The van der Waals surface area contributed by atoms with Gasteiger partial charge in [0.15, 0.2) is 28.8 Å². The second-order valence-corrected chi connectivity index (χ2v) is 7.12. The van der Waals surface area contributed by atoms with Crippen LogP contribution in [0.4, 0.5) is 5.82 Å². The van der Waals surface area contributed by atoms with Crippen molar-refractivity contribution < 1.29 is 28.5 Å². The first-order valence-corrected chi connectivity index (χ1v) is 10.5. The standard InChI is InChI=1S/C24H25N3O6/c1-4-31-24(28)17-13-26-22(15-9-10-18(29-2)21(11-15)30-3)27-23(17)25-12-16-14-32-19-7-5-6-8-20(19)33-16/h5-11,13,16H,4,12,14H2,1-3H3,(H,25,26,27). The minimum absolute atomic E-state index is 0.234. The number of aromatic nitrogens is 2. The van der Waals surface area contributed by atoms with E-state index >= 15 is 0 Å². The number of anilines is 1. The molecule has 1 aromatic heterocycles. The lowest BCUT2D eigenvalue weighted by Gasteiger charge is -2.26. The molecule has 33 heavy (non-hydrogen) atoms. The summed E-state index contributed by atoms with van der Waals surface area (Å²) in [5, 5.41) is 3.20. The third kappa shape index (κ3) is 4.92. The van der Waals surface area contributed by atoms with Gasteiger partial charge in [-0.25, -0.2) is 14.8 Å². The number of ether oxygens (including phenoxy) is 5. The molecule has 4 rings (SSSR count). The zero-order chi connectivity index (χ0) is 23.2.